The molecule has 2 rings (SSSR count). The fourth-order valence-corrected chi connectivity index (χ4v) is 3.83. The Hall–Kier alpha value is -3.07. The quantitative estimate of drug-likeness (QED) is 0.168. The molecule has 0 spiro atoms. The van der Waals surface area contributed by atoms with Gasteiger partial charge in [0, 0.05) is 6.42 Å². The van der Waals surface area contributed by atoms with E-state index in [0.717, 1.165) is 12.8 Å². The Morgan fingerprint density at radius 1 is 1.41 bits per heavy atom. The van der Waals surface area contributed by atoms with E-state index in [-0.39, 0.29) is 29.8 Å². The summed E-state index contributed by atoms with van der Waals surface area (Å²) in [5.41, 5.74) is 3.98. The van der Waals surface area contributed by atoms with Crippen LogP contribution < -0.4 is 10.7 Å². The van der Waals surface area contributed by atoms with Crippen LogP contribution in [0.2, 0.25) is 0 Å². The van der Waals surface area contributed by atoms with Crippen molar-refractivity contribution in [2.45, 2.75) is 76.8 Å². The van der Waals surface area contributed by atoms with Gasteiger partial charge in [-0.2, -0.15) is 5.26 Å². The number of nitrogens with zero attached hydrogens (tertiary/aromatic N) is 2. The third-order valence-electron chi connectivity index (χ3n) is 5.89. The van der Waals surface area contributed by atoms with Crippen LogP contribution >= 0.6 is 0 Å². The van der Waals surface area contributed by atoms with Crippen molar-refractivity contribution >= 4 is 24.1 Å². The topological polar surface area (TPSA) is 185 Å². The molecule has 0 radical (unpaired) electrons. The first-order valence-corrected chi connectivity index (χ1v) is 11.5. The van der Waals surface area contributed by atoms with E-state index in [0.29, 0.717) is 25.0 Å². The van der Waals surface area contributed by atoms with Crippen LogP contribution in [0, 0.1) is 17.2 Å². The lowest BCUT2D eigenvalue weighted by molar-refractivity contribution is -0.309. The molecule has 4 atom stereocenters. The van der Waals surface area contributed by atoms with Crippen molar-refractivity contribution in [1.82, 2.24) is 4.98 Å². The fourth-order valence-electron chi connectivity index (χ4n) is 3.83. The Morgan fingerprint density at radius 3 is 2.68 bits per heavy atom. The second kappa shape index (κ2) is 12.4. The molecule has 2 heterocycles. The fraction of sp³-hybridized carbons (Fsp3) is 0.609. The van der Waals surface area contributed by atoms with Gasteiger partial charge in [-0.05, 0) is 31.4 Å². The van der Waals surface area contributed by atoms with Crippen molar-refractivity contribution in [3.8, 4) is 6.07 Å². The van der Waals surface area contributed by atoms with Gasteiger partial charge >= 0.3 is 11.9 Å². The first kappa shape index (κ1) is 27.2. The molecule has 1 saturated heterocycles. The molecule has 186 valence electrons. The average molecular weight is 477 g/mol. The van der Waals surface area contributed by atoms with E-state index < -0.39 is 36.5 Å². The summed E-state index contributed by atoms with van der Waals surface area (Å²) in [4.78, 5) is 34.3. The Balaban J connectivity index is 2.38. The van der Waals surface area contributed by atoms with E-state index in [1.807, 2.05) is 26.8 Å². The summed E-state index contributed by atoms with van der Waals surface area (Å²) < 4.78 is 11.3. The van der Waals surface area contributed by atoms with E-state index in [4.69, 9.17) is 15.2 Å². The number of nitrogens with one attached hydrogen (secondary N) is 2. The first-order chi connectivity index (χ1) is 16.3. The maximum Gasteiger partial charge on any atom is 0.316 e. The molecule has 1 aromatic heterocycles. The molecule has 0 aliphatic carbocycles. The van der Waals surface area contributed by atoms with E-state index in [1.165, 1.54) is 6.07 Å². The second-order valence-electron chi connectivity index (χ2n) is 8.10. The predicted octanol–water partition coefficient (Wildman–Crippen LogP) is -0.635. The highest BCUT2D eigenvalue weighted by atomic mass is 16.6. The van der Waals surface area contributed by atoms with Gasteiger partial charge in [-0.15, -0.1) is 0 Å². The number of unbranched alkanes of at least 4 members (excludes halogenated alkanes) is 1. The minimum absolute atomic E-state index is 0.130. The first-order valence-electron chi connectivity index (χ1n) is 11.5. The van der Waals surface area contributed by atoms with Crippen molar-refractivity contribution in [2.24, 2.45) is 16.6 Å². The average Bonchev–Trinajstić information content (AvgIpc) is 3.42. The Labute approximate surface area is 198 Å². The molecule has 0 bridgehead atoms. The van der Waals surface area contributed by atoms with Crippen molar-refractivity contribution < 1.29 is 34.3 Å². The molecule has 1 aliphatic rings. The highest BCUT2D eigenvalue weighted by molar-refractivity contribution is 5.99. The van der Waals surface area contributed by atoms with Crippen LogP contribution in [-0.4, -0.2) is 64.2 Å². The number of rotatable bonds is 10. The molecule has 34 heavy (non-hydrogen) atoms. The summed E-state index contributed by atoms with van der Waals surface area (Å²) in [6.45, 7) is 5.08. The van der Waals surface area contributed by atoms with Crippen molar-refractivity contribution in [1.29, 1.82) is 5.26 Å². The molecule has 0 saturated carbocycles. The van der Waals surface area contributed by atoms with E-state index in [9.17, 15) is 25.1 Å². The number of amides is 1. The van der Waals surface area contributed by atoms with Crippen LogP contribution in [0.4, 0.5) is 0 Å². The summed E-state index contributed by atoms with van der Waals surface area (Å²) in [6, 6.07) is 4.99. The van der Waals surface area contributed by atoms with E-state index in [2.05, 4.69) is 15.0 Å². The number of H-pyrrole nitrogens is 1. The molecule has 1 fully saturated rings. The van der Waals surface area contributed by atoms with Crippen LogP contribution in [0.25, 0.3) is 0 Å². The number of esters is 1. The summed E-state index contributed by atoms with van der Waals surface area (Å²) in [5.74, 6) is -1.11. The van der Waals surface area contributed by atoms with Crippen LogP contribution in [0.1, 0.15) is 64.3 Å². The van der Waals surface area contributed by atoms with Crippen LogP contribution in [0.3, 0.4) is 0 Å². The van der Waals surface area contributed by atoms with Gasteiger partial charge in [0.2, 0.25) is 5.60 Å². The Bertz CT molecular complexity index is 948. The summed E-state index contributed by atoms with van der Waals surface area (Å²) in [7, 11) is 0. The van der Waals surface area contributed by atoms with Gasteiger partial charge in [0.05, 0.1) is 18.2 Å². The van der Waals surface area contributed by atoms with Crippen molar-refractivity contribution in [2.75, 3.05) is 6.61 Å². The van der Waals surface area contributed by atoms with Gasteiger partial charge in [0.15, 0.2) is 12.4 Å². The number of aliphatic hydroxyl groups is 2. The molecule has 1 aliphatic heterocycles. The smallest absolute Gasteiger partial charge is 0.316 e. The zero-order valence-electron chi connectivity index (χ0n) is 19.8. The number of amidine groups is 1. The maximum absolute atomic E-state index is 12.5. The number of aliphatic hydroxyl groups excluding tert-OH is 2. The maximum atomic E-state index is 12.5. The third kappa shape index (κ3) is 5.70. The molecular formula is C23H34N5O6+. The molecule has 6 N–H and O–H groups in total. The zero-order valence-corrected chi connectivity index (χ0v) is 19.8. The number of ether oxygens (including phenoxy) is 2. The number of aliphatic imine (C=N–C) groups is 1. The number of nitrogens with two attached hydrogens (primary N) is 1. The van der Waals surface area contributed by atoms with Crippen LogP contribution in [0.5, 0.6) is 0 Å². The summed E-state index contributed by atoms with van der Waals surface area (Å²) in [6.07, 6.45) is 0.0767. The minimum atomic E-state index is -1.95. The molecule has 11 heteroatoms. The SMILES string of the molecule is CCCCC(=O)N=C([NH+]=CN)c1ccc([C@]2(C#N)O[C@H](CO)[C@@H](OC(=O)C(CC)CC)[C@H]2O)[nH]1. The van der Waals surface area contributed by atoms with Crippen LogP contribution in [0.15, 0.2) is 17.1 Å². The van der Waals surface area contributed by atoms with E-state index in [1.54, 1.807) is 6.07 Å². The normalized spacial score (nSPS) is 25.1. The lowest BCUT2D eigenvalue weighted by Crippen LogP contribution is -2.75. The Morgan fingerprint density at radius 2 is 2.12 bits per heavy atom. The zero-order chi connectivity index (χ0) is 25.3. The molecular weight excluding hydrogens is 442 g/mol. The molecule has 1 amide bonds. The third-order valence-corrected chi connectivity index (χ3v) is 5.89. The minimum Gasteiger partial charge on any atom is -0.456 e. The largest absolute Gasteiger partial charge is 0.456 e. The number of hydrogen-bond donors (Lipinski definition) is 5. The Kier molecular flexibility index (Phi) is 9.92. The van der Waals surface area contributed by atoms with Gasteiger partial charge in [0.1, 0.15) is 24.0 Å². The summed E-state index contributed by atoms with van der Waals surface area (Å²) in [5, 5.41) is 30.8. The molecule has 0 aromatic carbocycles. The number of carbonyl (C=O) groups is 2. The number of nitriles is 1. The molecule has 0 unspecified atom stereocenters. The monoisotopic (exact) mass is 476 g/mol. The molecule has 11 nitrogen and oxygen atoms in total. The van der Waals surface area contributed by atoms with Gasteiger partial charge in [-0.3, -0.25) is 9.59 Å². The number of hydrogen-bond acceptors (Lipinski definition) is 7. The molecule has 1 aromatic rings. The predicted molar refractivity (Wildman–Crippen MR) is 122 cm³/mol. The number of aromatic nitrogens is 1. The lowest BCUT2D eigenvalue weighted by Gasteiger charge is -2.25. The van der Waals surface area contributed by atoms with Crippen molar-refractivity contribution in [3.63, 3.8) is 0 Å². The summed E-state index contributed by atoms with van der Waals surface area (Å²) >= 11 is 0. The van der Waals surface area contributed by atoms with Gasteiger partial charge in [-0.25, -0.2) is 4.99 Å². The van der Waals surface area contributed by atoms with E-state index >= 15 is 0 Å². The van der Waals surface area contributed by atoms with Crippen LogP contribution in [-0.2, 0) is 24.7 Å². The standard InChI is InChI=1S/C23H33N5O6/c1-4-7-8-18(30)28-21(26-13-25)15-9-10-17(27-15)23(12-24)20(31)19(16(11-29)34-23)33-22(32)14(5-2)6-3/h9-10,13-14,16,19-20,27,29,31H,4-8,11H2,1-3H3,(H2,25,26,28,30)/p+1/t16-,19-,20-,23+/m1/s1. The van der Waals surface area contributed by atoms with Gasteiger partial charge in [-0.1, -0.05) is 32.2 Å². The highest BCUT2D eigenvalue weighted by Crippen LogP contribution is 2.40. The lowest BCUT2D eigenvalue weighted by atomic mass is 9.92. The number of aromatic amines is 1. The highest BCUT2D eigenvalue weighted by Gasteiger charge is 2.59. The van der Waals surface area contributed by atoms with Gasteiger partial charge < -0.3 is 30.4 Å². The van der Waals surface area contributed by atoms with Crippen molar-refractivity contribution in [3.05, 3.63) is 23.5 Å². The second-order valence-corrected chi connectivity index (χ2v) is 8.10. The van der Waals surface area contributed by atoms with Gasteiger partial charge in [0.25, 0.3) is 5.84 Å². The number of carbonyl (C=O) groups excluding carboxylic acids is 2.